The molecule has 1 aliphatic heterocycles. The number of aliphatic carboxylic acids is 1. The molecule has 5 atom stereocenters. The van der Waals surface area contributed by atoms with Crippen molar-refractivity contribution in [2.75, 3.05) is 0 Å². The minimum atomic E-state index is -1.46. The zero-order valence-corrected chi connectivity index (χ0v) is 30.7. The number of hydrogen-bond acceptors (Lipinski definition) is 8. The van der Waals surface area contributed by atoms with Crippen molar-refractivity contribution in [2.24, 2.45) is 11.5 Å². The van der Waals surface area contributed by atoms with Crippen molar-refractivity contribution in [3.63, 3.8) is 0 Å². The summed E-state index contributed by atoms with van der Waals surface area (Å²) in [4.78, 5) is 81.1. The summed E-state index contributed by atoms with van der Waals surface area (Å²) in [7, 11) is 0. The molecule has 1 heterocycles. The van der Waals surface area contributed by atoms with Crippen LogP contribution in [0.3, 0.4) is 0 Å². The minimum absolute atomic E-state index is 0.0199. The Bertz CT molecular complexity index is 2010. The van der Waals surface area contributed by atoms with Crippen LogP contribution in [0.4, 0.5) is 0 Å². The van der Waals surface area contributed by atoms with Crippen molar-refractivity contribution < 1.29 is 39.0 Å². The first-order valence-corrected chi connectivity index (χ1v) is 18.3. The summed E-state index contributed by atoms with van der Waals surface area (Å²) in [5, 5.41) is 27.5. The third kappa shape index (κ3) is 11.2. The molecule has 292 valence electrons. The molecule has 0 aliphatic carbocycles. The van der Waals surface area contributed by atoms with Crippen molar-refractivity contribution in [1.29, 1.82) is 0 Å². The van der Waals surface area contributed by atoms with Crippen molar-refractivity contribution in [3.05, 3.63) is 137 Å². The number of nitrogens with one attached hydrogen (secondary N) is 3. The van der Waals surface area contributed by atoms with Crippen LogP contribution in [-0.4, -0.2) is 80.8 Å². The lowest BCUT2D eigenvalue weighted by atomic mass is 9.92. The van der Waals surface area contributed by atoms with Crippen molar-refractivity contribution in [3.8, 4) is 5.75 Å². The van der Waals surface area contributed by atoms with E-state index in [1.807, 2.05) is 24.3 Å². The summed E-state index contributed by atoms with van der Waals surface area (Å²) < 4.78 is 0. The standard InChI is InChI=1S/C42H46N6O8/c43-32(21-28-15-17-31(49)18-16-28)41(54)48-25-30-14-8-7-13-29(30)24-36(48)40(53)47-35(23-27-11-5-2-6-12-27)39(52)46-34(22-26-9-3-1-4-10-26)38(51)45-33(42(55)56)19-20-37(44)50/h1-18,32-36,49H,19-25,43H2,(H2,44,50)(H,45,51)(H,46,52)(H,47,53)(H,55,56). The summed E-state index contributed by atoms with van der Waals surface area (Å²) >= 11 is 0. The van der Waals surface area contributed by atoms with Gasteiger partial charge >= 0.3 is 5.97 Å². The quantitative estimate of drug-likeness (QED) is 0.0825. The van der Waals surface area contributed by atoms with Gasteiger partial charge in [-0.1, -0.05) is 97.1 Å². The van der Waals surface area contributed by atoms with Gasteiger partial charge in [-0.15, -0.1) is 0 Å². The zero-order valence-electron chi connectivity index (χ0n) is 30.7. The van der Waals surface area contributed by atoms with E-state index >= 15 is 0 Å². The Labute approximate surface area is 324 Å². The van der Waals surface area contributed by atoms with Gasteiger partial charge in [0.2, 0.25) is 29.5 Å². The van der Waals surface area contributed by atoms with E-state index in [9.17, 15) is 39.0 Å². The molecule has 9 N–H and O–H groups in total. The molecular formula is C42H46N6O8. The Kier molecular flexibility index (Phi) is 13.9. The van der Waals surface area contributed by atoms with Gasteiger partial charge in [-0.05, 0) is 52.8 Å². The van der Waals surface area contributed by atoms with Gasteiger partial charge in [0, 0.05) is 32.2 Å². The monoisotopic (exact) mass is 762 g/mol. The molecule has 1 aliphatic rings. The van der Waals surface area contributed by atoms with Gasteiger partial charge < -0.3 is 42.5 Å². The van der Waals surface area contributed by atoms with Gasteiger partial charge in [0.15, 0.2) is 0 Å². The molecule has 0 fully saturated rings. The number of carboxylic acid groups (broad SMARTS) is 1. The van der Waals surface area contributed by atoms with Crippen LogP contribution < -0.4 is 27.4 Å². The fraction of sp³-hybridized carbons (Fsp3) is 0.286. The number of carbonyl (C=O) groups excluding carboxylic acids is 5. The van der Waals surface area contributed by atoms with E-state index in [0.29, 0.717) is 11.1 Å². The molecule has 0 aromatic heterocycles. The van der Waals surface area contributed by atoms with Crippen molar-refractivity contribution in [2.45, 2.75) is 75.3 Å². The van der Waals surface area contributed by atoms with Crippen LogP contribution in [0.5, 0.6) is 5.75 Å². The average Bonchev–Trinajstić information content (AvgIpc) is 3.19. The largest absolute Gasteiger partial charge is 0.508 e. The molecule has 4 aromatic carbocycles. The Morgan fingerprint density at radius 1 is 0.661 bits per heavy atom. The molecule has 14 nitrogen and oxygen atoms in total. The molecule has 56 heavy (non-hydrogen) atoms. The highest BCUT2D eigenvalue weighted by atomic mass is 16.4. The number of fused-ring (bicyclic) bond motifs is 1. The summed E-state index contributed by atoms with van der Waals surface area (Å²) in [6, 6.07) is 25.5. The predicted molar refractivity (Wildman–Crippen MR) is 206 cm³/mol. The number of carboxylic acids is 1. The van der Waals surface area contributed by atoms with Crippen molar-refractivity contribution in [1.82, 2.24) is 20.9 Å². The van der Waals surface area contributed by atoms with E-state index < -0.39 is 65.7 Å². The minimum Gasteiger partial charge on any atom is -0.508 e. The number of aromatic hydroxyl groups is 1. The van der Waals surface area contributed by atoms with Gasteiger partial charge in [0.05, 0.1) is 6.04 Å². The number of primary amides is 1. The molecule has 0 spiro atoms. The number of benzene rings is 4. The third-order valence-electron chi connectivity index (χ3n) is 9.67. The highest BCUT2D eigenvalue weighted by Gasteiger charge is 2.38. The third-order valence-corrected chi connectivity index (χ3v) is 9.67. The van der Waals surface area contributed by atoms with E-state index in [2.05, 4.69) is 16.0 Å². The second-order valence-electron chi connectivity index (χ2n) is 13.8. The predicted octanol–water partition coefficient (Wildman–Crippen LogP) is 1.51. The highest BCUT2D eigenvalue weighted by molar-refractivity contribution is 5.96. The molecule has 5 amide bonds. The van der Waals surface area contributed by atoms with Gasteiger partial charge in [0.25, 0.3) is 0 Å². The number of phenolic OH excluding ortho intramolecular Hbond substituents is 1. The second kappa shape index (κ2) is 19.2. The summed E-state index contributed by atoms with van der Waals surface area (Å²) in [6.45, 7) is 0.103. The fourth-order valence-electron chi connectivity index (χ4n) is 6.65. The first-order chi connectivity index (χ1) is 26.9. The fourth-order valence-corrected chi connectivity index (χ4v) is 6.65. The van der Waals surface area contributed by atoms with Gasteiger partial charge in [-0.3, -0.25) is 24.0 Å². The first kappa shape index (κ1) is 40.6. The van der Waals surface area contributed by atoms with Crippen LogP contribution in [0.25, 0.3) is 0 Å². The Morgan fingerprint density at radius 2 is 1.16 bits per heavy atom. The van der Waals surface area contributed by atoms with E-state index in [1.165, 1.54) is 17.0 Å². The zero-order chi connectivity index (χ0) is 40.2. The first-order valence-electron chi connectivity index (χ1n) is 18.3. The number of amides is 5. The molecule has 0 bridgehead atoms. The molecule has 5 unspecified atom stereocenters. The normalized spacial score (nSPS) is 15.6. The smallest absolute Gasteiger partial charge is 0.326 e. The summed E-state index contributed by atoms with van der Waals surface area (Å²) in [5.41, 5.74) is 15.5. The van der Waals surface area contributed by atoms with Crippen molar-refractivity contribution >= 4 is 35.5 Å². The maximum atomic E-state index is 14.4. The van der Waals surface area contributed by atoms with Crippen LogP contribution in [0.2, 0.25) is 0 Å². The molecule has 14 heteroatoms. The SMILES string of the molecule is NC(=O)CCC(NC(=O)C(Cc1ccccc1)NC(=O)C(Cc1ccccc1)NC(=O)C1Cc2ccccc2CN1C(=O)C(N)Cc1ccc(O)cc1)C(=O)O. The molecule has 0 saturated heterocycles. The van der Waals surface area contributed by atoms with E-state index in [0.717, 1.165) is 16.7 Å². The lowest BCUT2D eigenvalue weighted by Crippen LogP contribution is -2.61. The number of hydrogen-bond donors (Lipinski definition) is 7. The maximum absolute atomic E-state index is 14.4. The molecule has 0 radical (unpaired) electrons. The number of carbonyl (C=O) groups is 6. The summed E-state index contributed by atoms with van der Waals surface area (Å²) in [6.07, 6.45) is -0.237. The number of rotatable bonds is 17. The van der Waals surface area contributed by atoms with Crippen LogP contribution in [0.1, 0.15) is 40.7 Å². The molecule has 4 aromatic rings. The molecular weight excluding hydrogens is 716 g/mol. The Hall–Kier alpha value is -6.54. The lowest BCUT2D eigenvalue weighted by molar-refractivity contribution is -0.143. The van der Waals surface area contributed by atoms with Gasteiger partial charge in [-0.25, -0.2) is 4.79 Å². The van der Waals surface area contributed by atoms with Crippen LogP contribution >= 0.6 is 0 Å². The second-order valence-corrected chi connectivity index (χ2v) is 13.8. The highest BCUT2D eigenvalue weighted by Crippen LogP contribution is 2.25. The number of nitrogens with two attached hydrogens (primary N) is 2. The average molecular weight is 763 g/mol. The topological polar surface area (TPSA) is 234 Å². The van der Waals surface area contributed by atoms with E-state index in [4.69, 9.17) is 11.5 Å². The molecule has 0 saturated carbocycles. The number of phenols is 1. The number of nitrogens with zero attached hydrogens (tertiary/aromatic N) is 1. The van der Waals surface area contributed by atoms with Crippen LogP contribution in [0.15, 0.2) is 109 Å². The van der Waals surface area contributed by atoms with Gasteiger partial charge in [-0.2, -0.15) is 0 Å². The Balaban J connectivity index is 1.41. The Morgan fingerprint density at radius 3 is 1.71 bits per heavy atom. The van der Waals surface area contributed by atoms with E-state index in [1.54, 1.807) is 72.8 Å². The maximum Gasteiger partial charge on any atom is 0.326 e. The molecule has 5 rings (SSSR count). The lowest BCUT2D eigenvalue weighted by Gasteiger charge is -2.38. The van der Waals surface area contributed by atoms with E-state index in [-0.39, 0.29) is 50.8 Å². The van der Waals surface area contributed by atoms with Gasteiger partial charge in [0.1, 0.15) is 29.9 Å². The van der Waals surface area contributed by atoms with Crippen LogP contribution in [0, 0.1) is 0 Å². The summed E-state index contributed by atoms with van der Waals surface area (Å²) in [5.74, 6) is -4.66. The van der Waals surface area contributed by atoms with Crippen LogP contribution in [-0.2, 0) is 61.0 Å².